The molecule has 1 N–H and O–H groups in total. The maximum Gasteiger partial charge on any atom is 1.00 e. The number of fused-ring (bicyclic) bond motifs is 6. The van der Waals surface area contributed by atoms with Crippen molar-refractivity contribution in [3.05, 3.63) is 89.1 Å². The van der Waals surface area contributed by atoms with E-state index in [0.717, 1.165) is 20.0 Å². The average Bonchev–Trinajstić information content (AvgIpc) is 3.50. The molecule has 0 amide bonds. The minimum Gasteiger partial charge on any atom is -0.438 e. The van der Waals surface area contributed by atoms with Crippen molar-refractivity contribution in [1.29, 1.82) is 0 Å². The summed E-state index contributed by atoms with van der Waals surface area (Å²) in [7, 11) is 4.59. The van der Waals surface area contributed by atoms with Crippen LogP contribution < -0.4 is 138 Å². The zero-order valence-corrected chi connectivity index (χ0v) is 39.7. The Morgan fingerprint density at radius 1 is 0.907 bits per heavy atom. The van der Waals surface area contributed by atoms with Gasteiger partial charge in [-0.3, -0.25) is 14.8 Å². The Morgan fingerprint density at radius 3 is 2.09 bits per heavy atom. The van der Waals surface area contributed by atoms with E-state index < -0.39 is 12.6 Å². The first kappa shape index (κ1) is 39.2. The van der Waals surface area contributed by atoms with Crippen molar-refractivity contribution in [3.63, 3.8) is 0 Å². The summed E-state index contributed by atoms with van der Waals surface area (Å²) >= 11 is 6.95. The third kappa shape index (κ3) is 12.0. The Balaban J connectivity index is 0.000000311. The first-order valence-electron chi connectivity index (χ1n) is 12.1. The molecule has 0 atom stereocenters. The summed E-state index contributed by atoms with van der Waals surface area (Å²) in [5.74, 6) is 0. The summed E-state index contributed by atoms with van der Waals surface area (Å²) in [6, 6.07) is 16.6. The number of rotatable bonds is 2. The molecule has 6 aromatic rings. The molecule has 4 aromatic heterocycles. The van der Waals surface area contributed by atoms with Crippen LogP contribution in [0.25, 0.3) is 43.6 Å². The molecule has 6 rings (SSSR count). The normalized spacial score (nSPS) is 9.95. The Bertz CT molecular complexity index is 1820. The molecule has 43 heavy (non-hydrogen) atoms. The van der Waals surface area contributed by atoms with E-state index >= 15 is 0 Å². The van der Waals surface area contributed by atoms with Gasteiger partial charge in [-0.15, -0.1) is 0 Å². The molecule has 0 aliphatic heterocycles. The number of methoxy groups -OCH3 is 2. The van der Waals surface area contributed by atoms with Gasteiger partial charge in [0, 0.05) is 73.4 Å². The molecule has 0 saturated carbocycles. The summed E-state index contributed by atoms with van der Waals surface area (Å²) in [4.78, 5) is 37.3. The number of carbonyl (C=O) groups excluding carboxylic acids is 2. The summed E-state index contributed by atoms with van der Waals surface area (Å²) in [5, 5.41) is 4.86. The molecule has 15 heteroatoms. The number of benzene rings is 2. The van der Waals surface area contributed by atoms with Crippen LogP contribution in [0.2, 0.25) is 0 Å². The molecule has 0 aliphatic rings. The van der Waals surface area contributed by atoms with Gasteiger partial charge >= 0.3 is 150 Å². The van der Waals surface area contributed by atoms with Crippen LogP contribution in [-0.2, 0) is 31.1 Å². The Hall–Kier alpha value is 0.0339. The number of aromatic amines is 1. The van der Waals surface area contributed by atoms with Crippen molar-refractivity contribution in [2.75, 3.05) is 14.2 Å². The largest absolute Gasteiger partial charge is 1.00 e. The van der Waals surface area contributed by atoms with Crippen LogP contribution >= 0.6 is 31.9 Å². The maximum atomic E-state index is 10.6. The molecule has 4 heterocycles. The number of hydrogen-bond donors (Lipinski definition) is 1. The van der Waals surface area contributed by atoms with Crippen LogP contribution in [0.3, 0.4) is 0 Å². The van der Waals surface area contributed by atoms with Gasteiger partial charge in [0.25, 0.3) is 0 Å². The molecular weight excluding hydrogens is 933 g/mol. The minimum atomic E-state index is -1.44. The number of nitrogens with one attached hydrogen (secondary N) is 1. The van der Waals surface area contributed by atoms with Crippen molar-refractivity contribution >= 4 is 88.1 Å². The number of carbonyl (C=O) groups is 2. The summed E-state index contributed by atoms with van der Waals surface area (Å²) in [6.07, 6.45) is 5.35. The van der Waals surface area contributed by atoms with Crippen molar-refractivity contribution in [2.24, 2.45) is 7.05 Å². The monoisotopic (exact) mass is 956 g/mol. The summed E-state index contributed by atoms with van der Waals surface area (Å²) in [5.41, 5.74) is 4.72. The Labute approximate surface area is 382 Å². The van der Waals surface area contributed by atoms with E-state index in [1.165, 1.54) is 46.8 Å². The van der Waals surface area contributed by atoms with Gasteiger partial charge in [-0.2, -0.15) is 0 Å². The predicted octanol–water partition coefficient (Wildman–Crippen LogP) is 1.55. The summed E-state index contributed by atoms with van der Waals surface area (Å²) in [6.45, 7) is -0.341. The molecule has 10 nitrogen and oxygen atoms in total. The number of H-pyrrole nitrogens is 1. The molecular formula is C28H24Br2Cs2FN4O6+. The quantitative estimate of drug-likeness (QED) is 0.0916. The van der Waals surface area contributed by atoms with E-state index in [1.807, 2.05) is 36.8 Å². The number of aromatic nitrogens is 4. The maximum absolute atomic E-state index is 10.6. The van der Waals surface area contributed by atoms with Gasteiger partial charge in [-0.05, 0) is 43.3 Å². The van der Waals surface area contributed by atoms with E-state index in [0.29, 0.717) is 0 Å². The Kier molecular flexibility index (Phi) is 19.8. The van der Waals surface area contributed by atoms with E-state index in [-0.39, 0.29) is 145 Å². The molecule has 0 aliphatic carbocycles. The van der Waals surface area contributed by atoms with Crippen LogP contribution in [-0.4, -0.2) is 46.3 Å². The number of nitrogens with zero attached hydrogens (tertiary/aromatic N) is 3. The zero-order chi connectivity index (χ0) is 30.6. The Morgan fingerprint density at radius 2 is 1.51 bits per heavy atom. The molecule has 0 bridgehead atoms. The first-order chi connectivity index (χ1) is 20.2. The molecule has 0 saturated heterocycles. The predicted molar refractivity (Wildman–Crippen MR) is 160 cm³/mol. The number of halogens is 3. The summed E-state index contributed by atoms with van der Waals surface area (Å²) < 4.78 is 29.0. The third-order valence-corrected chi connectivity index (χ3v) is 6.57. The number of hydrogen-bond acceptors (Lipinski definition) is 8. The van der Waals surface area contributed by atoms with Crippen LogP contribution in [0.5, 0.6) is 0 Å². The van der Waals surface area contributed by atoms with Gasteiger partial charge in [0.1, 0.15) is 0 Å². The SMILES string of the molecule is Brc1ccc2c(c1)[nH]c1ccncc12.COC(=O)OC.Cn1c2ccncc2c2ccc(Br)cc21.[2H]C(=O)OO[CH-]F.[Cs+].[Cs+]. The van der Waals surface area contributed by atoms with E-state index in [9.17, 15) is 14.0 Å². The average molecular weight is 958 g/mol. The van der Waals surface area contributed by atoms with Crippen molar-refractivity contribution < 1.29 is 172 Å². The fourth-order valence-corrected chi connectivity index (χ4v) is 4.58. The zero-order valence-electron chi connectivity index (χ0n) is 24.9. The fourth-order valence-electron chi connectivity index (χ4n) is 3.87. The van der Waals surface area contributed by atoms with E-state index in [4.69, 9.17) is 1.37 Å². The standard InChI is InChI=1S/C12H9BrN2.C11H7BrN2.C3H6O3.C2H2FO3.2Cs/c1-15-11-4-5-14-7-10(11)9-3-2-8(13)6-12(9)15;12-7-1-2-8-9-6-13-4-3-10(9)14-11(8)5-7;1-5-3(4)6-2;3-1-5-6-2-4;;/h2-7H,1H3;1-6,14H;1-2H3;1-2H;;/q;;;-1;2*+1/i;;;2D;;. The van der Waals surface area contributed by atoms with Gasteiger partial charge in [-0.25, -0.2) is 4.79 Å². The van der Waals surface area contributed by atoms with Crippen molar-refractivity contribution in [3.8, 4) is 0 Å². The topological polar surface area (TPSA) is 118 Å². The molecule has 0 radical (unpaired) electrons. The second-order valence-electron chi connectivity index (χ2n) is 7.86. The second-order valence-corrected chi connectivity index (χ2v) is 9.69. The molecule has 2 aromatic carbocycles. The third-order valence-electron chi connectivity index (χ3n) is 5.58. The van der Waals surface area contributed by atoms with Gasteiger partial charge in [-0.1, -0.05) is 44.0 Å². The van der Waals surface area contributed by atoms with Crippen LogP contribution in [0.15, 0.2) is 82.3 Å². The van der Waals surface area contributed by atoms with Gasteiger partial charge in [0.15, 0.2) is 1.37 Å². The second kappa shape index (κ2) is 21.8. The van der Waals surface area contributed by atoms with Crippen molar-refractivity contribution in [1.82, 2.24) is 19.5 Å². The van der Waals surface area contributed by atoms with Crippen LogP contribution in [0.1, 0.15) is 1.37 Å². The smallest absolute Gasteiger partial charge is 0.438 e. The molecule has 0 fully saturated rings. The number of aryl methyl sites for hydroxylation is 1. The molecule has 0 unspecified atom stereocenters. The van der Waals surface area contributed by atoms with E-state index in [2.05, 4.69) is 108 Å². The van der Waals surface area contributed by atoms with Crippen LogP contribution in [0.4, 0.5) is 9.18 Å². The minimum absolute atomic E-state index is 0. The molecule has 214 valence electrons. The fraction of sp³-hybridized carbons (Fsp3) is 0.107. The van der Waals surface area contributed by atoms with Gasteiger partial charge in [0.05, 0.1) is 25.3 Å². The number of pyridine rings is 2. The number of ether oxygens (including phenoxy) is 2. The van der Waals surface area contributed by atoms with Crippen LogP contribution in [0, 0.1) is 6.86 Å². The first-order valence-corrected chi connectivity index (χ1v) is 13.1. The van der Waals surface area contributed by atoms with E-state index in [1.54, 1.807) is 6.20 Å². The van der Waals surface area contributed by atoms with Gasteiger partial charge in [0.2, 0.25) is 0 Å². The van der Waals surface area contributed by atoms with Crippen molar-refractivity contribution in [2.45, 2.75) is 0 Å². The molecule has 0 spiro atoms. The van der Waals surface area contributed by atoms with Gasteiger partial charge < -0.3 is 33.2 Å².